The minimum atomic E-state index is 0.265. The Labute approximate surface area is 138 Å². The Bertz CT molecular complexity index is 728. The van der Waals surface area contributed by atoms with E-state index in [-0.39, 0.29) is 5.25 Å². The summed E-state index contributed by atoms with van der Waals surface area (Å²) in [5.41, 5.74) is 2.14. The quantitative estimate of drug-likeness (QED) is 0.568. The van der Waals surface area contributed by atoms with Crippen molar-refractivity contribution >= 4 is 23.4 Å². The van der Waals surface area contributed by atoms with Crippen LogP contribution in [0.3, 0.4) is 0 Å². The van der Waals surface area contributed by atoms with Gasteiger partial charge in [0.15, 0.2) is 0 Å². The van der Waals surface area contributed by atoms with E-state index in [1.807, 2.05) is 54.6 Å². The fourth-order valence-corrected chi connectivity index (χ4v) is 3.19. The minimum Gasteiger partial charge on any atom is -0.411 e. The number of thioether (sulfide) groups is 1. The van der Waals surface area contributed by atoms with Crippen molar-refractivity contribution in [1.82, 2.24) is 10.2 Å². The standard InChI is InChI=1S/C17H15ClN2OS/c1-2-15(12-8-10-14(18)11-9-12)22-17-20-19-16(21-17)13-6-4-3-5-7-13/h3-11,15H,2H2,1H3/t15-/m1/s1. The van der Waals surface area contributed by atoms with Gasteiger partial charge in [0.2, 0.25) is 5.89 Å². The lowest BCUT2D eigenvalue weighted by Gasteiger charge is -2.12. The topological polar surface area (TPSA) is 38.9 Å². The number of nitrogens with zero attached hydrogens (tertiary/aromatic N) is 2. The van der Waals surface area contributed by atoms with E-state index in [1.54, 1.807) is 11.8 Å². The van der Waals surface area contributed by atoms with E-state index < -0.39 is 0 Å². The zero-order valence-corrected chi connectivity index (χ0v) is 13.6. The van der Waals surface area contributed by atoms with Gasteiger partial charge in [0.25, 0.3) is 5.22 Å². The van der Waals surface area contributed by atoms with Crippen LogP contribution in [-0.2, 0) is 0 Å². The van der Waals surface area contributed by atoms with Crippen molar-refractivity contribution in [3.05, 3.63) is 65.2 Å². The molecule has 2 aromatic carbocycles. The van der Waals surface area contributed by atoms with Crippen LogP contribution >= 0.6 is 23.4 Å². The zero-order valence-electron chi connectivity index (χ0n) is 12.1. The van der Waals surface area contributed by atoms with Crippen LogP contribution in [-0.4, -0.2) is 10.2 Å². The van der Waals surface area contributed by atoms with Gasteiger partial charge < -0.3 is 4.42 Å². The third kappa shape index (κ3) is 3.51. The highest BCUT2D eigenvalue weighted by Gasteiger charge is 2.16. The van der Waals surface area contributed by atoms with Crippen LogP contribution in [0.15, 0.2) is 64.2 Å². The molecule has 3 rings (SSSR count). The molecule has 5 heteroatoms. The first-order chi connectivity index (χ1) is 10.8. The second-order valence-electron chi connectivity index (χ2n) is 4.81. The van der Waals surface area contributed by atoms with Crippen molar-refractivity contribution in [2.45, 2.75) is 23.8 Å². The number of hydrogen-bond acceptors (Lipinski definition) is 4. The number of halogens is 1. The van der Waals surface area contributed by atoms with Gasteiger partial charge in [-0.1, -0.05) is 60.6 Å². The molecule has 0 aliphatic rings. The largest absolute Gasteiger partial charge is 0.411 e. The summed E-state index contributed by atoms with van der Waals surface area (Å²) in [6.07, 6.45) is 0.968. The fourth-order valence-electron chi connectivity index (χ4n) is 2.14. The highest BCUT2D eigenvalue weighted by molar-refractivity contribution is 7.99. The molecule has 1 aromatic heterocycles. The summed E-state index contributed by atoms with van der Waals surface area (Å²) in [5.74, 6) is 0.550. The number of aromatic nitrogens is 2. The third-order valence-electron chi connectivity index (χ3n) is 3.28. The lowest BCUT2D eigenvalue weighted by Crippen LogP contribution is -1.92. The first-order valence-corrected chi connectivity index (χ1v) is 8.33. The predicted molar refractivity (Wildman–Crippen MR) is 90.1 cm³/mol. The molecule has 0 saturated heterocycles. The van der Waals surface area contributed by atoms with Gasteiger partial charge in [-0.25, -0.2) is 0 Å². The fraction of sp³-hybridized carbons (Fsp3) is 0.176. The van der Waals surface area contributed by atoms with Gasteiger partial charge >= 0.3 is 0 Å². The number of hydrogen-bond donors (Lipinski definition) is 0. The van der Waals surface area contributed by atoms with Crippen LogP contribution in [0, 0.1) is 0 Å². The second kappa shape index (κ2) is 6.99. The van der Waals surface area contributed by atoms with E-state index in [2.05, 4.69) is 17.1 Å². The molecule has 0 N–H and O–H groups in total. The summed E-state index contributed by atoms with van der Waals surface area (Å²) in [6, 6.07) is 17.7. The van der Waals surface area contributed by atoms with E-state index in [0.29, 0.717) is 11.1 Å². The molecule has 3 aromatic rings. The molecule has 0 saturated carbocycles. The van der Waals surface area contributed by atoms with Crippen LogP contribution in [0.1, 0.15) is 24.2 Å². The molecule has 0 aliphatic carbocycles. The van der Waals surface area contributed by atoms with Gasteiger partial charge in [0.05, 0.1) is 0 Å². The maximum absolute atomic E-state index is 5.94. The van der Waals surface area contributed by atoms with Crippen LogP contribution < -0.4 is 0 Å². The first kappa shape index (κ1) is 15.1. The van der Waals surface area contributed by atoms with E-state index in [4.69, 9.17) is 16.0 Å². The van der Waals surface area contributed by atoms with Crippen molar-refractivity contribution < 1.29 is 4.42 Å². The van der Waals surface area contributed by atoms with Gasteiger partial charge in [0.1, 0.15) is 0 Å². The lowest BCUT2D eigenvalue weighted by atomic mass is 10.1. The molecular weight excluding hydrogens is 316 g/mol. The van der Waals surface area contributed by atoms with Gasteiger partial charge in [-0.15, -0.1) is 10.2 Å². The van der Waals surface area contributed by atoms with Gasteiger partial charge in [-0.05, 0) is 36.2 Å². The number of benzene rings is 2. The van der Waals surface area contributed by atoms with E-state index in [0.717, 1.165) is 17.0 Å². The number of rotatable bonds is 5. The van der Waals surface area contributed by atoms with E-state index in [1.165, 1.54) is 5.56 Å². The molecule has 112 valence electrons. The Morgan fingerprint density at radius 3 is 2.45 bits per heavy atom. The summed E-state index contributed by atoms with van der Waals surface area (Å²) in [5, 5.41) is 9.86. The molecule has 0 amide bonds. The van der Waals surface area contributed by atoms with Gasteiger partial charge in [-0.2, -0.15) is 0 Å². The van der Waals surface area contributed by atoms with Crippen LogP contribution in [0.4, 0.5) is 0 Å². The molecule has 3 nitrogen and oxygen atoms in total. The van der Waals surface area contributed by atoms with Crippen molar-refractivity contribution in [3.63, 3.8) is 0 Å². The predicted octanol–water partition coefficient (Wildman–Crippen LogP) is 5.63. The molecule has 0 bridgehead atoms. The van der Waals surface area contributed by atoms with Crippen molar-refractivity contribution in [2.24, 2.45) is 0 Å². The molecule has 0 aliphatic heterocycles. The molecule has 0 spiro atoms. The van der Waals surface area contributed by atoms with E-state index in [9.17, 15) is 0 Å². The summed E-state index contributed by atoms with van der Waals surface area (Å²) < 4.78 is 5.76. The smallest absolute Gasteiger partial charge is 0.277 e. The summed E-state index contributed by atoms with van der Waals surface area (Å²) in [7, 11) is 0. The molecule has 0 fully saturated rings. The third-order valence-corrected chi connectivity index (χ3v) is 4.79. The average molecular weight is 331 g/mol. The Kier molecular flexibility index (Phi) is 4.80. The maximum atomic E-state index is 5.94. The molecule has 0 unspecified atom stereocenters. The summed E-state index contributed by atoms with van der Waals surface area (Å²) >= 11 is 7.52. The molecule has 1 atom stereocenters. The molecule has 0 radical (unpaired) electrons. The monoisotopic (exact) mass is 330 g/mol. The van der Waals surface area contributed by atoms with Crippen LogP contribution in [0.2, 0.25) is 5.02 Å². The van der Waals surface area contributed by atoms with Crippen LogP contribution in [0.5, 0.6) is 0 Å². The highest BCUT2D eigenvalue weighted by atomic mass is 35.5. The SMILES string of the molecule is CC[C@@H](Sc1nnc(-c2ccccc2)o1)c1ccc(Cl)cc1. The molecule has 1 heterocycles. The average Bonchev–Trinajstić information content (AvgIpc) is 3.03. The second-order valence-corrected chi connectivity index (χ2v) is 6.40. The Balaban J connectivity index is 1.77. The van der Waals surface area contributed by atoms with Crippen LogP contribution in [0.25, 0.3) is 11.5 Å². The Morgan fingerprint density at radius 2 is 1.77 bits per heavy atom. The van der Waals surface area contributed by atoms with Gasteiger partial charge in [-0.3, -0.25) is 0 Å². The Hall–Kier alpha value is -1.78. The van der Waals surface area contributed by atoms with Crippen molar-refractivity contribution in [3.8, 4) is 11.5 Å². The molecular formula is C17H15ClN2OS. The first-order valence-electron chi connectivity index (χ1n) is 7.07. The van der Waals surface area contributed by atoms with Crippen molar-refractivity contribution in [2.75, 3.05) is 0 Å². The summed E-state index contributed by atoms with van der Waals surface area (Å²) in [6.45, 7) is 2.14. The summed E-state index contributed by atoms with van der Waals surface area (Å²) in [4.78, 5) is 0. The maximum Gasteiger partial charge on any atom is 0.277 e. The highest BCUT2D eigenvalue weighted by Crippen LogP contribution is 2.38. The Morgan fingerprint density at radius 1 is 1.05 bits per heavy atom. The van der Waals surface area contributed by atoms with Gasteiger partial charge in [0, 0.05) is 15.8 Å². The minimum absolute atomic E-state index is 0.265. The normalized spacial score (nSPS) is 12.3. The van der Waals surface area contributed by atoms with Crippen molar-refractivity contribution in [1.29, 1.82) is 0 Å². The van der Waals surface area contributed by atoms with E-state index >= 15 is 0 Å². The zero-order chi connectivity index (χ0) is 15.4. The lowest BCUT2D eigenvalue weighted by molar-refractivity contribution is 0.464. The molecule has 22 heavy (non-hydrogen) atoms.